The molecule has 0 fully saturated rings. The summed E-state index contributed by atoms with van der Waals surface area (Å²) in [7, 11) is 0. The first kappa shape index (κ1) is 21.8. The highest BCUT2D eigenvalue weighted by Crippen LogP contribution is 2.36. The summed E-state index contributed by atoms with van der Waals surface area (Å²) >= 11 is 5.96. The van der Waals surface area contributed by atoms with Gasteiger partial charge < -0.3 is 5.11 Å². The van der Waals surface area contributed by atoms with Crippen LogP contribution in [0.3, 0.4) is 0 Å². The molecule has 1 aromatic carbocycles. The number of imide groups is 1. The zero-order chi connectivity index (χ0) is 23.0. The Morgan fingerprint density at radius 3 is 2.28 bits per heavy atom. The molecular weight excluding hydrogens is 428 g/mol. The number of pyridine rings is 1. The lowest BCUT2D eigenvalue weighted by Gasteiger charge is -2.14. The Kier molecular flexibility index (Phi) is 5.84. The van der Waals surface area contributed by atoms with Crippen LogP contribution in [0.1, 0.15) is 37.1 Å². The Bertz CT molecular complexity index is 1230. The average molecular weight is 451 g/mol. The third-order valence-electron chi connectivity index (χ3n) is 5.49. The quantitative estimate of drug-likeness (QED) is 0.427. The molecule has 164 valence electrons. The molecular formula is C24H23ClN4O3. The number of nitrogens with zero attached hydrogens (tertiary/aromatic N) is 4. The fourth-order valence-electron chi connectivity index (χ4n) is 3.85. The zero-order valence-electron chi connectivity index (χ0n) is 18.1. The fourth-order valence-corrected chi connectivity index (χ4v) is 3.97. The van der Waals surface area contributed by atoms with Gasteiger partial charge in [-0.25, -0.2) is 4.68 Å². The minimum Gasteiger partial charge on any atom is -0.858 e. The van der Waals surface area contributed by atoms with Crippen LogP contribution in [0.15, 0.2) is 48.8 Å². The molecule has 1 aliphatic rings. The molecule has 3 heterocycles. The van der Waals surface area contributed by atoms with Gasteiger partial charge in [0.1, 0.15) is 5.57 Å². The van der Waals surface area contributed by atoms with Crippen LogP contribution in [-0.4, -0.2) is 33.0 Å². The van der Waals surface area contributed by atoms with Gasteiger partial charge in [0, 0.05) is 29.3 Å². The van der Waals surface area contributed by atoms with Crippen molar-refractivity contribution < 1.29 is 19.3 Å². The summed E-state index contributed by atoms with van der Waals surface area (Å²) in [5.41, 5.74) is 2.39. The molecule has 8 heteroatoms. The van der Waals surface area contributed by atoms with E-state index < -0.39 is 17.7 Å². The van der Waals surface area contributed by atoms with E-state index in [0.29, 0.717) is 22.8 Å². The summed E-state index contributed by atoms with van der Waals surface area (Å²) in [6, 6.07) is 10.5. The third kappa shape index (κ3) is 3.58. The fraction of sp³-hybridized carbons (Fsp3) is 0.250. The molecule has 0 spiro atoms. The molecule has 0 N–H and O–H groups in total. The normalized spacial score (nSPS) is 14.1. The number of carbonyl (C=O) groups is 2. The first-order valence-corrected chi connectivity index (χ1v) is 10.9. The molecule has 0 saturated heterocycles. The van der Waals surface area contributed by atoms with Crippen LogP contribution in [-0.2, 0) is 16.0 Å². The van der Waals surface area contributed by atoms with Crippen LogP contribution >= 0.6 is 11.6 Å². The standard InChI is InChI=1S/C24H23ClN4O3/c1-4-12-28-22(30)20(21(24(28)32)27-13-10-16(5-2)11-14-27)19-15(3)26-29(23(19)31)18-8-6-17(25)7-9-18/h6-11,13-14H,4-5,12H2,1-3H3. The number of carbonyl (C=O) groups excluding carboxylic acids is 2. The van der Waals surface area contributed by atoms with Gasteiger partial charge in [-0.1, -0.05) is 25.4 Å². The highest BCUT2D eigenvalue weighted by atomic mass is 35.5. The molecule has 0 radical (unpaired) electrons. The van der Waals surface area contributed by atoms with Gasteiger partial charge in [0.2, 0.25) is 0 Å². The van der Waals surface area contributed by atoms with Gasteiger partial charge in [-0.2, -0.15) is 9.67 Å². The van der Waals surface area contributed by atoms with E-state index in [4.69, 9.17) is 11.6 Å². The maximum atomic E-state index is 13.4. The molecule has 7 nitrogen and oxygen atoms in total. The van der Waals surface area contributed by atoms with Crippen LogP contribution in [0.4, 0.5) is 0 Å². The lowest BCUT2D eigenvalue weighted by Crippen LogP contribution is -2.39. The first-order valence-electron chi connectivity index (χ1n) is 10.5. The number of aromatic nitrogens is 3. The molecule has 3 aromatic rings. The molecule has 0 aliphatic carbocycles. The SMILES string of the molecule is CCCN1C(=O)C(c2c(C)nn(-c3ccc(Cl)cc3)c2[O-])=C([n+]2ccc(CC)cc2)C1=O. The first-order chi connectivity index (χ1) is 15.4. The number of amides is 2. The van der Waals surface area contributed by atoms with E-state index in [0.717, 1.165) is 12.0 Å². The van der Waals surface area contributed by atoms with E-state index in [2.05, 4.69) is 5.10 Å². The van der Waals surface area contributed by atoms with Crippen molar-refractivity contribution in [3.05, 3.63) is 70.6 Å². The van der Waals surface area contributed by atoms with Crippen LogP contribution < -0.4 is 9.67 Å². The molecule has 2 aromatic heterocycles. The zero-order valence-corrected chi connectivity index (χ0v) is 18.9. The minimum atomic E-state index is -0.477. The number of aryl methyl sites for hydroxylation is 2. The van der Waals surface area contributed by atoms with Crippen LogP contribution in [0.2, 0.25) is 5.02 Å². The van der Waals surface area contributed by atoms with Gasteiger partial charge in [0.05, 0.1) is 11.4 Å². The van der Waals surface area contributed by atoms with Crippen molar-refractivity contribution in [2.24, 2.45) is 0 Å². The van der Waals surface area contributed by atoms with Gasteiger partial charge in [-0.05, 0) is 55.5 Å². The summed E-state index contributed by atoms with van der Waals surface area (Å²) in [6.45, 7) is 5.87. The Labute approximate surface area is 191 Å². The summed E-state index contributed by atoms with van der Waals surface area (Å²) in [5.74, 6) is -1.35. The molecule has 0 bridgehead atoms. The van der Waals surface area contributed by atoms with Crippen molar-refractivity contribution >= 4 is 34.7 Å². The van der Waals surface area contributed by atoms with Crippen LogP contribution in [0, 0.1) is 6.92 Å². The van der Waals surface area contributed by atoms with Crippen molar-refractivity contribution in [2.45, 2.75) is 33.6 Å². The third-order valence-corrected chi connectivity index (χ3v) is 5.75. The summed E-state index contributed by atoms with van der Waals surface area (Å²) in [4.78, 5) is 27.8. The molecule has 4 rings (SSSR count). The van der Waals surface area contributed by atoms with Gasteiger partial charge in [0.25, 0.3) is 11.6 Å². The van der Waals surface area contributed by atoms with Crippen molar-refractivity contribution in [2.75, 3.05) is 6.54 Å². The van der Waals surface area contributed by atoms with Gasteiger partial charge in [-0.3, -0.25) is 14.5 Å². The summed E-state index contributed by atoms with van der Waals surface area (Å²) < 4.78 is 2.85. The predicted molar refractivity (Wildman–Crippen MR) is 119 cm³/mol. The predicted octanol–water partition coefficient (Wildman–Crippen LogP) is 2.90. The highest BCUT2D eigenvalue weighted by Gasteiger charge is 2.46. The molecule has 0 saturated carbocycles. The molecule has 32 heavy (non-hydrogen) atoms. The smallest absolute Gasteiger partial charge is 0.326 e. The Morgan fingerprint density at radius 1 is 1.03 bits per heavy atom. The van der Waals surface area contributed by atoms with Crippen molar-refractivity contribution in [3.63, 3.8) is 0 Å². The second kappa shape index (κ2) is 8.59. The van der Waals surface area contributed by atoms with Crippen LogP contribution in [0.25, 0.3) is 17.0 Å². The van der Waals surface area contributed by atoms with Crippen LogP contribution in [0.5, 0.6) is 5.88 Å². The lowest BCUT2D eigenvalue weighted by atomic mass is 10.0. The molecule has 0 unspecified atom stereocenters. The molecule has 1 aliphatic heterocycles. The largest absolute Gasteiger partial charge is 0.858 e. The number of hydrogen-bond acceptors (Lipinski definition) is 4. The Morgan fingerprint density at radius 2 is 1.69 bits per heavy atom. The summed E-state index contributed by atoms with van der Waals surface area (Å²) in [6.07, 6.45) is 4.96. The van der Waals surface area contributed by atoms with E-state index in [9.17, 15) is 14.7 Å². The minimum absolute atomic E-state index is 0.0837. The van der Waals surface area contributed by atoms with E-state index >= 15 is 0 Å². The summed E-state index contributed by atoms with van der Waals surface area (Å²) in [5, 5.41) is 18.3. The van der Waals surface area contributed by atoms with E-state index in [1.165, 1.54) is 9.58 Å². The lowest BCUT2D eigenvalue weighted by molar-refractivity contribution is -0.577. The molecule has 0 atom stereocenters. The van der Waals surface area contributed by atoms with Gasteiger partial charge in [-0.15, -0.1) is 0 Å². The van der Waals surface area contributed by atoms with E-state index in [1.807, 2.05) is 26.0 Å². The topological polar surface area (TPSA) is 82.1 Å². The van der Waals surface area contributed by atoms with E-state index in [-0.39, 0.29) is 23.4 Å². The van der Waals surface area contributed by atoms with Crippen molar-refractivity contribution in [1.29, 1.82) is 0 Å². The monoisotopic (exact) mass is 450 g/mol. The van der Waals surface area contributed by atoms with Gasteiger partial charge >= 0.3 is 5.91 Å². The Hall–Kier alpha value is -3.45. The Balaban J connectivity index is 1.93. The molecule has 2 amide bonds. The maximum Gasteiger partial charge on any atom is 0.326 e. The van der Waals surface area contributed by atoms with Gasteiger partial charge in [0.15, 0.2) is 12.4 Å². The number of halogens is 1. The second-order valence-electron chi connectivity index (χ2n) is 7.61. The second-order valence-corrected chi connectivity index (χ2v) is 8.04. The average Bonchev–Trinajstić information content (AvgIpc) is 3.21. The number of rotatable bonds is 6. The van der Waals surface area contributed by atoms with Crippen molar-refractivity contribution in [1.82, 2.24) is 14.7 Å². The maximum absolute atomic E-state index is 13.4. The van der Waals surface area contributed by atoms with Crippen molar-refractivity contribution in [3.8, 4) is 11.6 Å². The highest BCUT2D eigenvalue weighted by molar-refractivity contribution is 6.44. The number of benzene rings is 1. The number of hydrogen-bond donors (Lipinski definition) is 0. The van der Waals surface area contributed by atoms with E-state index in [1.54, 1.807) is 48.1 Å².